The van der Waals surface area contributed by atoms with E-state index in [1.54, 1.807) is 7.05 Å². The molecule has 2 fully saturated rings. The van der Waals surface area contributed by atoms with Crippen LogP contribution in [0.3, 0.4) is 0 Å². The minimum atomic E-state index is 0.145. The minimum absolute atomic E-state index is 0.145. The summed E-state index contributed by atoms with van der Waals surface area (Å²) in [6.45, 7) is 1.96. The third-order valence-corrected chi connectivity index (χ3v) is 4.10. The van der Waals surface area contributed by atoms with Crippen molar-refractivity contribution in [2.24, 2.45) is 5.92 Å². The van der Waals surface area contributed by atoms with Crippen LogP contribution in [0.25, 0.3) is 0 Å². The first-order chi connectivity index (χ1) is 8.20. The summed E-state index contributed by atoms with van der Waals surface area (Å²) in [4.78, 5) is 25.3. The molecule has 2 rings (SSSR count). The lowest BCUT2D eigenvalue weighted by molar-refractivity contribution is -0.127. The SMILES string of the molecule is CNC(=O)C1CCCN(C2CCC(=O)CC2)C1. The van der Waals surface area contributed by atoms with E-state index in [0.29, 0.717) is 11.8 Å². The van der Waals surface area contributed by atoms with Gasteiger partial charge in [0.1, 0.15) is 5.78 Å². The summed E-state index contributed by atoms with van der Waals surface area (Å²) in [5.41, 5.74) is 0. The van der Waals surface area contributed by atoms with Crippen molar-refractivity contribution in [2.45, 2.75) is 44.6 Å². The Hall–Kier alpha value is -0.900. The molecule has 0 radical (unpaired) electrons. The molecule has 1 saturated carbocycles. The Morgan fingerprint density at radius 1 is 1.29 bits per heavy atom. The van der Waals surface area contributed by atoms with Gasteiger partial charge in [-0.3, -0.25) is 14.5 Å². The van der Waals surface area contributed by atoms with Gasteiger partial charge in [-0.2, -0.15) is 0 Å². The Balaban J connectivity index is 1.88. The molecule has 1 atom stereocenters. The standard InChI is InChI=1S/C13H22N2O2/c1-14-13(17)10-3-2-8-15(9-10)11-4-6-12(16)7-5-11/h10-11H,2-9H2,1H3,(H,14,17). The van der Waals surface area contributed by atoms with Crippen LogP contribution < -0.4 is 5.32 Å². The second-order valence-corrected chi connectivity index (χ2v) is 5.22. The Kier molecular flexibility index (Phi) is 4.15. The van der Waals surface area contributed by atoms with Gasteiger partial charge in [0.2, 0.25) is 5.91 Å². The molecule has 17 heavy (non-hydrogen) atoms. The van der Waals surface area contributed by atoms with Gasteiger partial charge < -0.3 is 5.32 Å². The maximum Gasteiger partial charge on any atom is 0.224 e. The van der Waals surface area contributed by atoms with Crippen LogP contribution in [0.2, 0.25) is 0 Å². The summed E-state index contributed by atoms with van der Waals surface area (Å²) in [6, 6.07) is 0.528. The molecule has 1 aliphatic heterocycles. The summed E-state index contributed by atoms with van der Waals surface area (Å²) in [5, 5.41) is 2.75. The molecule has 1 saturated heterocycles. The van der Waals surface area contributed by atoms with Crippen LogP contribution in [0.4, 0.5) is 0 Å². The first-order valence-corrected chi connectivity index (χ1v) is 6.68. The highest BCUT2D eigenvalue weighted by molar-refractivity contribution is 5.79. The number of hydrogen-bond acceptors (Lipinski definition) is 3. The highest BCUT2D eigenvalue weighted by Crippen LogP contribution is 2.25. The number of carbonyl (C=O) groups is 2. The molecule has 1 unspecified atom stereocenters. The van der Waals surface area contributed by atoms with Gasteiger partial charge in [-0.05, 0) is 32.2 Å². The van der Waals surface area contributed by atoms with Gasteiger partial charge in [0.25, 0.3) is 0 Å². The topological polar surface area (TPSA) is 49.4 Å². The minimum Gasteiger partial charge on any atom is -0.359 e. The van der Waals surface area contributed by atoms with Crippen LogP contribution in [0.15, 0.2) is 0 Å². The van der Waals surface area contributed by atoms with Crippen LogP contribution in [-0.2, 0) is 9.59 Å². The average molecular weight is 238 g/mol. The van der Waals surface area contributed by atoms with E-state index in [4.69, 9.17) is 0 Å². The summed E-state index contributed by atoms with van der Waals surface area (Å²) < 4.78 is 0. The van der Waals surface area contributed by atoms with Gasteiger partial charge in [0.15, 0.2) is 0 Å². The zero-order valence-corrected chi connectivity index (χ0v) is 10.6. The van der Waals surface area contributed by atoms with E-state index in [2.05, 4.69) is 10.2 Å². The summed E-state index contributed by atoms with van der Waals surface area (Å²) >= 11 is 0. The lowest BCUT2D eigenvalue weighted by atomic mass is 9.89. The normalized spacial score (nSPS) is 28.1. The van der Waals surface area contributed by atoms with Crippen molar-refractivity contribution in [2.75, 3.05) is 20.1 Å². The molecule has 0 bridgehead atoms. The highest BCUT2D eigenvalue weighted by atomic mass is 16.1. The second kappa shape index (κ2) is 5.63. The van der Waals surface area contributed by atoms with Crippen molar-refractivity contribution in [1.29, 1.82) is 0 Å². The van der Waals surface area contributed by atoms with Gasteiger partial charge in [-0.15, -0.1) is 0 Å². The van der Waals surface area contributed by atoms with Gasteiger partial charge in [0, 0.05) is 32.5 Å². The van der Waals surface area contributed by atoms with Gasteiger partial charge in [0.05, 0.1) is 5.92 Å². The monoisotopic (exact) mass is 238 g/mol. The van der Waals surface area contributed by atoms with E-state index in [-0.39, 0.29) is 11.8 Å². The number of ketones is 1. The Labute approximate surface area is 103 Å². The van der Waals surface area contributed by atoms with E-state index >= 15 is 0 Å². The third-order valence-electron chi connectivity index (χ3n) is 4.10. The van der Waals surface area contributed by atoms with Crippen LogP contribution in [0.1, 0.15) is 38.5 Å². The predicted molar refractivity (Wildman–Crippen MR) is 65.6 cm³/mol. The smallest absolute Gasteiger partial charge is 0.224 e. The van der Waals surface area contributed by atoms with Crippen molar-refractivity contribution in [3.05, 3.63) is 0 Å². The number of likely N-dealkylation sites (tertiary alicyclic amines) is 1. The summed E-state index contributed by atoms with van der Waals surface area (Å²) in [5.74, 6) is 0.717. The Morgan fingerprint density at radius 3 is 2.65 bits per heavy atom. The van der Waals surface area contributed by atoms with E-state index in [1.165, 1.54) is 0 Å². The molecule has 1 amide bonds. The zero-order chi connectivity index (χ0) is 12.3. The number of nitrogens with zero attached hydrogens (tertiary/aromatic N) is 1. The maximum absolute atomic E-state index is 11.7. The van der Waals surface area contributed by atoms with Crippen molar-refractivity contribution in [1.82, 2.24) is 10.2 Å². The van der Waals surface area contributed by atoms with E-state index < -0.39 is 0 Å². The molecular formula is C13H22N2O2. The fraction of sp³-hybridized carbons (Fsp3) is 0.846. The van der Waals surface area contributed by atoms with Crippen molar-refractivity contribution in [3.8, 4) is 0 Å². The molecule has 0 aromatic rings. The Bertz CT molecular complexity index is 294. The number of Topliss-reactive ketones (excluding diaryl/α,β-unsaturated/α-hetero) is 1. The number of rotatable bonds is 2. The Morgan fingerprint density at radius 2 is 2.00 bits per heavy atom. The second-order valence-electron chi connectivity index (χ2n) is 5.22. The van der Waals surface area contributed by atoms with E-state index in [9.17, 15) is 9.59 Å². The lowest BCUT2D eigenvalue weighted by Crippen LogP contribution is -2.47. The van der Waals surface area contributed by atoms with E-state index in [1.807, 2.05) is 0 Å². The van der Waals surface area contributed by atoms with Crippen molar-refractivity contribution < 1.29 is 9.59 Å². The molecule has 0 spiro atoms. The van der Waals surface area contributed by atoms with Gasteiger partial charge in [-0.1, -0.05) is 0 Å². The largest absolute Gasteiger partial charge is 0.359 e. The molecule has 0 aromatic heterocycles. The van der Waals surface area contributed by atoms with Crippen LogP contribution in [-0.4, -0.2) is 42.8 Å². The summed E-state index contributed by atoms with van der Waals surface area (Å²) in [7, 11) is 1.71. The fourth-order valence-corrected chi connectivity index (χ4v) is 3.05. The predicted octanol–water partition coefficient (Wildman–Crippen LogP) is 0.956. The molecule has 1 heterocycles. The first-order valence-electron chi connectivity index (χ1n) is 6.68. The molecule has 2 aliphatic rings. The maximum atomic E-state index is 11.7. The molecule has 0 aromatic carbocycles. The van der Waals surface area contributed by atoms with Gasteiger partial charge in [-0.25, -0.2) is 0 Å². The zero-order valence-electron chi connectivity index (χ0n) is 10.6. The molecule has 4 heteroatoms. The number of amides is 1. The highest BCUT2D eigenvalue weighted by Gasteiger charge is 2.31. The molecule has 4 nitrogen and oxygen atoms in total. The molecule has 96 valence electrons. The van der Waals surface area contributed by atoms with Crippen LogP contribution in [0.5, 0.6) is 0 Å². The number of carbonyl (C=O) groups excluding carboxylic acids is 2. The third kappa shape index (κ3) is 3.06. The molecule has 1 aliphatic carbocycles. The van der Waals surface area contributed by atoms with Crippen molar-refractivity contribution in [3.63, 3.8) is 0 Å². The molecule has 1 N–H and O–H groups in total. The number of piperidine rings is 1. The first kappa shape index (κ1) is 12.6. The number of hydrogen-bond donors (Lipinski definition) is 1. The van der Waals surface area contributed by atoms with E-state index in [0.717, 1.165) is 51.6 Å². The lowest BCUT2D eigenvalue weighted by Gasteiger charge is -2.39. The quantitative estimate of drug-likeness (QED) is 0.779. The molecular weight excluding hydrogens is 216 g/mol. The van der Waals surface area contributed by atoms with Crippen molar-refractivity contribution >= 4 is 11.7 Å². The van der Waals surface area contributed by atoms with Gasteiger partial charge >= 0.3 is 0 Å². The average Bonchev–Trinajstić information content (AvgIpc) is 2.39. The fourth-order valence-electron chi connectivity index (χ4n) is 3.05. The van der Waals surface area contributed by atoms with Crippen LogP contribution in [0, 0.1) is 5.92 Å². The number of nitrogens with one attached hydrogen (secondary N) is 1. The summed E-state index contributed by atoms with van der Waals surface area (Å²) in [6.07, 6.45) is 5.53. The van der Waals surface area contributed by atoms with Crippen LogP contribution >= 0.6 is 0 Å².